The largest absolute Gasteiger partial charge is 0.480 e. The summed E-state index contributed by atoms with van der Waals surface area (Å²) in [6.07, 6.45) is 1.96. The van der Waals surface area contributed by atoms with Crippen molar-refractivity contribution in [2.24, 2.45) is 0 Å². The predicted octanol–water partition coefficient (Wildman–Crippen LogP) is -0.866. The van der Waals surface area contributed by atoms with Crippen molar-refractivity contribution >= 4 is 17.9 Å². The molecule has 1 unspecified atom stereocenters. The van der Waals surface area contributed by atoms with Gasteiger partial charge in [-0.3, -0.25) is 9.59 Å². The lowest BCUT2D eigenvalue weighted by Gasteiger charge is -2.22. The maximum atomic E-state index is 11.8. The van der Waals surface area contributed by atoms with E-state index in [0.717, 1.165) is 12.8 Å². The van der Waals surface area contributed by atoms with Gasteiger partial charge in [-0.2, -0.15) is 0 Å². The summed E-state index contributed by atoms with van der Waals surface area (Å²) >= 11 is 0. The zero-order valence-corrected chi connectivity index (χ0v) is 9.31. The third kappa shape index (κ3) is 3.08. The molecule has 1 aliphatic heterocycles. The Morgan fingerprint density at radius 2 is 2.18 bits per heavy atom. The maximum absolute atomic E-state index is 11.8. The Hall–Kier alpha value is -1.79. The van der Waals surface area contributed by atoms with Crippen molar-refractivity contribution in [2.45, 2.75) is 31.3 Å². The van der Waals surface area contributed by atoms with Crippen molar-refractivity contribution in [3.63, 3.8) is 0 Å². The summed E-state index contributed by atoms with van der Waals surface area (Å²) in [6, 6.07) is -0.586. The molecule has 3 amide bonds. The third-order valence-electron chi connectivity index (χ3n) is 2.86. The molecule has 2 aliphatic rings. The predicted molar refractivity (Wildman–Crippen MR) is 57.3 cm³/mol. The SMILES string of the molecule is O=C(O)CN(C(=O)NC1CNC(=O)C1)C1CC1. The fraction of sp³-hybridized carbons (Fsp3) is 0.700. The number of nitrogens with zero attached hydrogens (tertiary/aromatic N) is 1. The van der Waals surface area contributed by atoms with E-state index in [9.17, 15) is 14.4 Å². The number of hydrogen-bond acceptors (Lipinski definition) is 3. The molecule has 0 radical (unpaired) electrons. The Kier molecular flexibility index (Phi) is 3.16. The number of amides is 3. The quantitative estimate of drug-likeness (QED) is 0.596. The molecule has 3 N–H and O–H groups in total. The lowest BCUT2D eigenvalue weighted by atomic mass is 10.2. The lowest BCUT2D eigenvalue weighted by molar-refractivity contribution is -0.137. The minimum Gasteiger partial charge on any atom is -0.480 e. The Morgan fingerprint density at radius 1 is 1.47 bits per heavy atom. The van der Waals surface area contributed by atoms with Crippen LogP contribution in [0.2, 0.25) is 0 Å². The van der Waals surface area contributed by atoms with Crippen LogP contribution < -0.4 is 10.6 Å². The van der Waals surface area contributed by atoms with E-state index in [1.165, 1.54) is 4.90 Å². The van der Waals surface area contributed by atoms with Crippen LogP contribution in [0.25, 0.3) is 0 Å². The van der Waals surface area contributed by atoms with Crippen LogP contribution in [0.15, 0.2) is 0 Å². The molecule has 1 aliphatic carbocycles. The summed E-state index contributed by atoms with van der Waals surface area (Å²) in [5.74, 6) is -1.11. The van der Waals surface area contributed by atoms with Crippen LogP contribution in [0.3, 0.4) is 0 Å². The average molecular weight is 241 g/mol. The molecule has 94 valence electrons. The molecule has 0 aromatic carbocycles. The summed E-state index contributed by atoms with van der Waals surface area (Å²) < 4.78 is 0. The number of carbonyl (C=O) groups is 3. The summed E-state index contributed by atoms with van der Waals surface area (Å²) in [5.41, 5.74) is 0. The van der Waals surface area contributed by atoms with E-state index < -0.39 is 12.0 Å². The molecule has 1 heterocycles. The van der Waals surface area contributed by atoms with Crippen molar-refractivity contribution in [1.29, 1.82) is 0 Å². The molecule has 17 heavy (non-hydrogen) atoms. The second-order valence-electron chi connectivity index (χ2n) is 4.41. The topological polar surface area (TPSA) is 98.7 Å². The van der Waals surface area contributed by atoms with Crippen molar-refractivity contribution in [3.8, 4) is 0 Å². The van der Waals surface area contributed by atoms with Gasteiger partial charge in [-0.1, -0.05) is 0 Å². The molecule has 0 aromatic heterocycles. The fourth-order valence-electron chi connectivity index (χ4n) is 1.86. The second kappa shape index (κ2) is 4.60. The van der Waals surface area contributed by atoms with Gasteiger partial charge in [0, 0.05) is 19.0 Å². The molecule has 2 fully saturated rings. The zero-order valence-electron chi connectivity index (χ0n) is 9.31. The third-order valence-corrected chi connectivity index (χ3v) is 2.86. The van der Waals surface area contributed by atoms with Gasteiger partial charge in [0.15, 0.2) is 0 Å². The monoisotopic (exact) mass is 241 g/mol. The van der Waals surface area contributed by atoms with Gasteiger partial charge in [0.1, 0.15) is 6.54 Å². The number of aliphatic carboxylic acids is 1. The Labute approximate surface area is 98.2 Å². The smallest absolute Gasteiger partial charge is 0.323 e. The van der Waals surface area contributed by atoms with E-state index in [-0.39, 0.29) is 31.0 Å². The summed E-state index contributed by atoms with van der Waals surface area (Å²) in [5, 5.41) is 14.0. The van der Waals surface area contributed by atoms with E-state index in [0.29, 0.717) is 6.54 Å². The number of rotatable bonds is 4. The molecule has 0 bridgehead atoms. The van der Waals surface area contributed by atoms with Crippen LogP contribution in [-0.2, 0) is 9.59 Å². The molecule has 2 rings (SSSR count). The van der Waals surface area contributed by atoms with E-state index in [2.05, 4.69) is 10.6 Å². The zero-order chi connectivity index (χ0) is 12.4. The van der Waals surface area contributed by atoms with Crippen molar-refractivity contribution in [2.75, 3.05) is 13.1 Å². The molecular formula is C10H15N3O4. The molecule has 0 aromatic rings. The van der Waals surface area contributed by atoms with E-state index in [4.69, 9.17) is 5.11 Å². The van der Waals surface area contributed by atoms with Crippen molar-refractivity contribution in [3.05, 3.63) is 0 Å². The maximum Gasteiger partial charge on any atom is 0.323 e. The van der Waals surface area contributed by atoms with Crippen LogP contribution in [0.4, 0.5) is 4.79 Å². The Bertz CT molecular complexity index is 353. The molecule has 1 saturated heterocycles. The van der Waals surface area contributed by atoms with Crippen LogP contribution in [0.1, 0.15) is 19.3 Å². The summed E-state index contributed by atoms with van der Waals surface area (Å²) in [6.45, 7) is 0.126. The first-order valence-electron chi connectivity index (χ1n) is 5.62. The number of nitrogens with one attached hydrogen (secondary N) is 2. The summed E-state index contributed by atoms with van der Waals surface area (Å²) in [7, 11) is 0. The first-order chi connectivity index (χ1) is 8.06. The average Bonchev–Trinajstić information content (AvgIpc) is 3.00. The van der Waals surface area contributed by atoms with Gasteiger partial charge in [0.2, 0.25) is 5.91 Å². The number of hydrogen-bond donors (Lipinski definition) is 3. The van der Waals surface area contributed by atoms with Gasteiger partial charge in [-0.05, 0) is 12.8 Å². The second-order valence-corrected chi connectivity index (χ2v) is 4.41. The molecule has 7 heteroatoms. The minimum atomic E-state index is -1.02. The van der Waals surface area contributed by atoms with Gasteiger partial charge in [-0.15, -0.1) is 0 Å². The highest BCUT2D eigenvalue weighted by Gasteiger charge is 2.35. The van der Waals surface area contributed by atoms with Crippen molar-refractivity contribution < 1.29 is 19.5 Å². The minimum absolute atomic E-state index is 0.0381. The van der Waals surface area contributed by atoms with Gasteiger partial charge in [0.05, 0.1) is 6.04 Å². The molecule has 7 nitrogen and oxygen atoms in total. The Morgan fingerprint density at radius 3 is 2.65 bits per heavy atom. The standard InChI is InChI=1S/C10H15N3O4/c14-8-3-6(4-11-8)12-10(17)13(5-9(15)16)7-1-2-7/h6-7H,1-5H2,(H,11,14)(H,12,17)(H,15,16). The van der Waals surface area contributed by atoms with Crippen molar-refractivity contribution in [1.82, 2.24) is 15.5 Å². The number of carboxylic acids is 1. The van der Waals surface area contributed by atoms with Gasteiger partial charge in [-0.25, -0.2) is 4.79 Å². The molecule has 1 atom stereocenters. The van der Waals surface area contributed by atoms with E-state index >= 15 is 0 Å². The van der Waals surface area contributed by atoms with Crippen LogP contribution in [-0.4, -0.2) is 53.1 Å². The molecule has 1 saturated carbocycles. The molecule has 0 spiro atoms. The van der Waals surface area contributed by atoms with E-state index in [1.54, 1.807) is 0 Å². The highest BCUT2D eigenvalue weighted by molar-refractivity contribution is 5.83. The van der Waals surface area contributed by atoms with Gasteiger partial charge in [0.25, 0.3) is 0 Å². The number of carboxylic acid groups (broad SMARTS) is 1. The van der Waals surface area contributed by atoms with E-state index in [1.807, 2.05) is 0 Å². The first kappa shape index (κ1) is 11.7. The van der Waals surface area contributed by atoms with Gasteiger partial charge < -0.3 is 20.6 Å². The normalized spacial score (nSPS) is 23.1. The van der Waals surface area contributed by atoms with Gasteiger partial charge >= 0.3 is 12.0 Å². The molecular weight excluding hydrogens is 226 g/mol. The highest BCUT2D eigenvalue weighted by atomic mass is 16.4. The summed E-state index contributed by atoms with van der Waals surface area (Å²) in [4.78, 5) is 34.8. The number of carbonyl (C=O) groups excluding carboxylic acids is 2. The fourth-order valence-corrected chi connectivity index (χ4v) is 1.86. The van der Waals surface area contributed by atoms with Crippen LogP contribution in [0, 0.1) is 0 Å². The lowest BCUT2D eigenvalue weighted by Crippen LogP contribution is -2.48. The number of urea groups is 1. The highest BCUT2D eigenvalue weighted by Crippen LogP contribution is 2.26. The van der Waals surface area contributed by atoms with Crippen LogP contribution in [0.5, 0.6) is 0 Å². The van der Waals surface area contributed by atoms with Crippen LogP contribution >= 0.6 is 0 Å². The first-order valence-corrected chi connectivity index (χ1v) is 5.62. The Balaban J connectivity index is 1.87.